The predicted octanol–water partition coefficient (Wildman–Crippen LogP) is 4.99. The molecule has 2 rings (SSSR count). The Morgan fingerprint density at radius 1 is 1.04 bits per heavy atom. The van der Waals surface area contributed by atoms with E-state index < -0.39 is 5.82 Å². The van der Waals surface area contributed by atoms with Crippen LogP contribution >= 0.6 is 11.6 Å². The Labute approximate surface area is 141 Å². The molecule has 0 bridgehead atoms. The van der Waals surface area contributed by atoms with Gasteiger partial charge in [-0.05, 0) is 49.5 Å². The van der Waals surface area contributed by atoms with E-state index in [0.717, 1.165) is 19.6 Å². The van der Waals surface area contributed by atoms with Crippen molar-refractivity contribution in [2.24, 2.45) is 0 Å². The summed E-state index contributed by atoms with van der Waals surface area (Å²) in [7, 11) is 0. The zero-order valence-corrected chi connectivity index (χ0v) is 14.1. The molecule has 5 heteroatoms. The van der Waals surface area contributed by atoms with Gasteiger partial charge in [0, 0.05) is 11.6 Å². The maximum atomic E-state index is 14.1. The van der Waals surface area contributed by atoms with Crippen molar-refractivity contribution in [3.05, 3.63) is 53.3 Å². The smallest absolute Gasteiger partial charge is 0.204 e. The number of hydrogen-bond acceptors (Lipinski definition) is 3. The summed E-state index contributed by atoms with van der Waals surface area (Å²) in [6.45, 7) is 7.36. The quantitative estimate of drug-likeness (QED) is 0.677. The second-order valence-corrected chi connectivity index (χ2v) is 5.43. The lowest BCUT2D eigenvalue weighted by Gasteiger charge is -2.19. The van der Waals surface area contributed by atoms with Gasteiger partial charge in [0.05, 0.1) is 0 Å². The Kier molecular flexibility index (Phi) is 6.68. The lowest BCUT2D eigenvalue weighted by atomic mass is 10.3. The number of nitrogens with zero attached hydrogens (tertiary/aromatic N) is 1. The van der Waals surface area contributed by atoms with Crippen molar-refractivity contribution in [1.82, 2.24) is 4.90 Å². The van der Waals surface area contributed by atoms with Crippen LogP contribution in [0.2, 0.25) is 5.02 Å². The summed E-state index contributed by atoms with van der Waals surface area (Å²) in [5.41, 5.74) is 0. The molecule has 0 saturated carbocycles. The van der Waals surface area contributed by atoms with E-state index in [-0.39, 0.29) is 5.75 Å². The number of halogens is 2. The third-order valence-electron chi connectivity index (χ3n) is 3.52. The molecule has 2 aromatic rings. The summed E-state index contributed by atoms with van der Waals surface area (Å²) in [6.07, 6.45) is 0. The number of hydrogen-bond donors (Lipinski definition) is 0. The van der Waals surface area contributed by atoms with Crippen molar-refractivity contribution in [1.29, 1.82) is 0 Å². The molecule has 0 fully saturated rings. The van der Waals surface area contributed by atoms with Crippen LogP contribution < -0.4 is 9.47 Å². The highest BCUT2D eigenvalue weighted by Crippen LogP contribution is 2.34. The Morgan fingerprint density at radius 2 is 1.74 bits per heavy atom. The highest BCUT2D eigenvalue weighted by atomic mass is 35.5. The van der Waals surface area contributed by atoms with E-state index in [4.69, 9.17) is 21.1 Å². The molecule has 0 unspecified atom stereocenters. The predicted molar refractivity (Wildman–Crippen MR) is 91.2 cm³/mol. The summed E-state index contributed by atoms with van der Waals surface area (Å²) >= 11 is 5.84. The molecule has 0 atom stereocenters. The first-order valence-electron chi connectivity index (χ1n) is 7.71. The zero-order chi connectivity index (χ0) is 16.7. The maximum absolute atomic E-state index is 14.1. The maximum Gasteiger partial charge on any atom is 0.204 e. The Balaban J connectivity index is 2.08. The molecule has 0 aromatic heterocycles. The molecule has 23 heavy (non-hydrogen) atoms. The van der Waals surface area contributed by atoms with E-state index in [1.54, 1.807) is 36.4 Å². The van der Waals surface area contributed by atoms with Gasteiger partial charge >= 0.3 is 0 Å². The van der Waals surface area contributed by atoms with E-state index in [1.165, 1.54) is 6.07 Å². The highest BCUT2D eigenvalue weighted by molar-refractivity contribution is 6.30. The van der Waals surface area contributed by atoms with Gasteiger partial charge in [0.25, 0.3) is 0 Å². The van der Waals surface area contributed by atoms with Crippen molar-refractivity contribution < 1.29 is 13.9 Å². The summed E-state index contributed by atoms with van der Waals surface area (Å²) in [5.74, 6) is 0.537. The van der Waals surface area contributed by atoms with Crippen molar-refractivity contribution in [3.8, 4) is 17.2 Å². The normalized spacial score (nSPS) is 10.8. The summed E-state index contributed by atoms with van der Waals surface area (Å²) in [4.78, 5) is 2.24. The Hall–Kier alpha value is -1.78. The number of ether oxygens (including phenoxy) is 2. The first kappa shape index (κ1) is 17.6. The molecule has 124 valence electrons. The van der Waals surface area contributed by atoms with Crippen LogP contribution in [0.25, 0.3) is 0 Å². The largest absolute Gasteiger partial charge is 0.488 e. The average Bonchev–Trinajstić information content (AvgIpc) is 2.56. The van der Waals surface area contributed by atoms with Crippen LogP contribution in [-0.4, -0.2) is 31.1 Å². The first-order valence-corrected chi connectivity index (χ1v) is 8.09. The minimum absolute atomic E-state index is 0.0920. The summed E-state index contributed by atoms with van der Waals surface area (Å²) < 4.78 is 25.4. The lowest BCUT2D eigenvalue weighted by Crippen LogP contribution is -2.27. The van der Waals surface area contributed by atoms with Gasteiger partial charge in [0.1, 0.15) is 12.4 Å². The highest BCUT2D eigenvalue weighted by Gasteiger charge is 2.13. The Bertz CT molecular complexity index is 615. The van der Waals surface area contributed by atoms with Gasteiger partial charge in [-0.25, -0.2) is 4.39 Å². The molecule has 0 spiro atoms. The molecule has 3 nitrogen and oxygen atoms in total. The van der Waals surface area contributed by atoms with Crippen LogP contribution in [0.5, 0.6) is 17.2 Å². The molecular weight excluding hydrogens is 317 g/mol. The molecule has 0 aliphatic rings. The van der Waals surface area contributed by atoms with E-state index in [9.17, 15) is 4.39 Å². The molecule has 0 saturated heterocycles. The van der Waals surface area contributed by atoms with Gasteiger partial charge in [0.15, 0.2) is 11.6 Å². The number of rotatable bonds is 8. The van der Waals surface area contributed by atoms with Gasteiger partial charge in [0.2, 0.25) is 5.75 Å². The molecule has 0 radical (unpaired) electrons. The summed E-state index contributed by atoms with van der Waals surface area (Å²) in [6, 6.07) is 11.4. The zero-order valence-electron chi connectivity index (χ0n) is 13.4. The number of likely N-dealkylation sites (N-methyl/N-ethyl adjacent to an activating group) is 1. The SMILES string of the molecule is CCN(CC)CCOc1cccc(F)c1Oc1ccc(Cl)cc1. The molecule has 2 aromatic carbocycles. The van der Waals surface area contributed by atoms with Gasteiger partial charge < -0.3 is 14.4 Å². The fourth-order valence-electron chi connectivity index (χ4n) is 2.15. The third kappa shape index (κ3) is 5.12. The van der Waals surface area contributed by atoms with Crippen molar-refractivity contribution in [2.45, 2.75) is 13.8 Å². The third-order valence-corrected chi connectivity index (χ3v) is 3.78. The van der Waals surface area contributed by atoms with Gasteiger partial charge in [-0.2, -0.15) is 0 Å². The number of benzene rings is 2. The van der Waals surface area contributed by atoms with Crippen LogP contribution in [0.3, 0.4) is 0 Å². The van der Waals surface area contributed by atoms with E-state index in [0.29, 0.717) is 23.1 Å². The second kappa shape index (κ2) is 8.75. The minimum atomic E-state index is -0.458. The molecule has 0 amide bonds. The Morgan fingerprint density at radius 3 is 2.39 bits per heavy atom. The summed E-state index contributed by atoms with van der Waals surface area (Å²) in [5, 5.41) is 0.599. The topological polar surface area (TPSA) is 21.7 Å². The van der Waals surface area contributed by atoms with Crippen LogP contribution in [0.1, 0.15) is 13.8 Å². The monoisotopic (exact) mass is 337 g/mol. The molecular formula is C18H21ClFNO2. The van der Waals surface area contributed by atoms with Crippen molar-refractivity contribution in [2.75, 3.05) is 26.2 Å². The fraction of sp³-hybridized carbons (Fsp3) is 0.333. The van der Waals surface area contributed by atoms with Crippen molar-refractivity contribution >= 4 is 11.6 Å². The lowest BCUT2D eigenvalue weighted by molar-refractivity contribution is 0.217. The van der Waals surface area contributed by atoms with Gasteiger partial charge in [-0.15, -0.1) is 0 Å². The first-order chi connectivity index (χ1) is 11.1. The van der Waals surface area contributed by atoms with E-state index >= 15 is 0 Å². The molecule has 0 aliphatic heterocycles. The second-order valence-electron chi connectivity index (χ2n) is 5.00. The van der Waals surface area contributed by atoms with Crippen LogP contribution in [0.4, 0.5) is 4.39 Å². The molecule has 0 heterocycles. The van der Waals surface area contributed by atoms with Gasteiger partial charge in [-0.1, -0.05) is 31.5 Å². The molecule has 0 aliphatic carbocycles. The minimum Gasteiger partial charge on any atom is -0.488 e. The number of para-hydroxylation sites is 1. The van der Waals surface area contributed by atoms with E-state index in [1.807, 2.05) is 0 Å². The van der Waals surface area contributed by atoms with Crippen LogP contribution in [-0.2, 0) is 0 Å². The molecule has 0 N–H and O–H groups in total. The fourth-order valence-corrected chi connectivity index (χ4v) is 2.27. The van der Waals surface area contributed by atoms with Crippen LogP contribution in [0.15, 0.2) is 42.5 Å². The average molecular weight is 338 g/mol. The van der Waals surface area contributed by atoms with Crippen molar-refractivity contribution in [3.63, 3.8) is 0 Å². The van der Waals surface area contributed by atoms with Crippen LogP contribution in [0, 0.1) is 5.82 Å². The van der Waals surface area contributed by atoms with E-state index in [2.05, 4.69) is 18.7 Å². The standard InChI is InChI=1S/C18H21ClFNO2/c1-3-21(4-2)12-13-22-17-7-5-6-16(20)18(17)23-15-10-8-14(19)9-11-15/h5-11H,3-4,12-13H2,1-2H3. The van der Waals surface area contributed by atoms with Gasteiger partial charge in [-0.3, -0.25) is 0 Å².